The largest absolute Gasteiger partial charge is 0.329 e. The molecule has 0 aliphatic heterocycles. The number of imidazole rings is 1. The van der Waals surface area contributed by atoms with Crippen molar-refractivity contribution in [3.05, 3.63) is 45.4 Å². The average molecular weight is 293 g/mol. The summed E-state index contributed by atoms with van der Waals surface area (Å²) in [6.45, 7) is 2.69. The van der Waals surface area contributed by atoms with Crippen molar-refractivity contribution in [2.75, 3.05) is 0 Å². The molecule has 0 aliphatic carbocycles. The lowest BCUT2D eigenvalue weighted by molar-refractivity contribution is 0.755. The predicted octanol–water partition coefficient (Wildman–Crippen LogP) is 3.44. The van der Waals surface area contributed by atoms with Crippen LogP contribution in [-0.2, 0) is 13.6 Å². The van der Waals surface area contributed by atoms with Crippen molar-refractivity contribution < 1.29 is 0 Å². The number of aromatic nitrogens is 4. The minimum Gasteiger partial charge on any atom is -0.329 e. The van der Waals surface area contributed by atoms with Gasteiger partial charge in [-0.25, -0.2) is 0 Å². The number of H-pyrrole nitrogens is 1. The molecule has 0 fully saturated rings. The molecule has 0 radical (unpaired) electrons. The SMILES string of the molecule is Cc1nn(C)cc1Cn1c(=S)[nH]c2c(Cl)cccc21. The summed E-state index contributed by atoms with van der Waals surface area (Å²) in [5.41, 5.74) is 4.07. The Morgan fingerprint density at radius 1 is 1.42 bits per heavy atom. The number of halogens is 1. The minimum atomic E-state index is 0.673. The van der Waals surface area contributed by atoms with Gasteiger partial charge in [-0.2, -0.15) is 5.10 Å². The lowest BCUT2D eigenvalue weighted by atomic mass is 10.2. The third kappa shape index (κ3) is 2.09. The molecule has 6 heteroatoms. The molecule has 1 N–H and O–H groups in total. The summed E-state index contributed by atoms with van der Waals surface area (Å²) in [5.74, 6) is 0. The first kappa shape index (κ1) is 12.4. The minimum absolute atomic E-state index is 0.673. The van der Waals surface area contributed by atoms with E-state index in [1.165, 1.54) is 0 Å². The normalized spacial score (nSPS) is 11.3. The van der Waals surface area contributed by atoms with Gasteiger partial charge >= 0.3 is 0 Å². The van der Waals surface area contributed by atoms with E-state index >= 15 is 0 Å². The second-order valence-electron chi connectivity index (χ2n) is 4.56. The van der Waals surface area contributed by atoms with Crippen LogP contribution in [0.1, 0.15) is 11.3 Å². The molecule has 3 aromatic rings. The van der Waals surface area contributed by atoms with Crippen LogP contribution in [0.2, 0.25) is 5.02 Å². The average Bonchev–Trinajstić information content (AvgIpc) is 2.83. The van der Waals surface area contributed by atoms with Crippen molar-refractivity contribution in [1.29, 1.82) is 0 Å². The van der Waals surface area contributed by atoms with E-state index in [0.29, 0.717) is 16.3 Å². The van der Waals surface area contributed by atoms with Gasteiger partial charge < -0.3 is 9.55 Å². The Kier molecular flexibility index (Phi) is 2.95. The lowest BCUT2D eigenvalue weighted by Gasteiger charge is -2.03. The standard InChI is InChI=1S/C13H13ClN4S/c1-8-9(6-17(2)16-8)7-18-11-5-3-4-10(14)12(11)15-13(18)19/h3-6H,7H2,1-2H3,(H,15,19). The van der Waals surface area contributed by atoms with Gasteiger partial charge in [0.1, 0.15) is 0 Å². The molecule has 2 aromatic heterocycles. The summed E-state index contributed by atoms with van der Waals surface area (Å²) in [6, 6.07) is 5.80. The summed E-state index contributed by atoms with van der Waals surface area (Å²) < 4.78 is 4.53. The van der Waals surface area contributed by atoms with Gasteiger partial charge in [0.15, 0.2) is 4.77 Å². The van der Waals surface area contributed by atoms with Crippen LogP contribution < -0.4 is 0 Å². The number of aryl methyl sites for hydroxylation is 2. The molecule has 0 atom stereocenters. The summed E-state index contributed by atoms with van der Waals surface area (Å²) in [5, 5.41) is 5.04. The highest BCUT2D eigenvalue weighted by Crippen LogP contribution is 2.23. The van der Waals surface area contributed by atoms with Gasteiger partial charge in [0.25, 0.3) is 0 Å². The van der Waals surface area contributed by atoms with Crippen LogP contribution in [0.3, 0.4) is 0 Å². The van der Waals surface area contributed by atoms with Gasteiger partial charge in [-0.05, 0) is 31.3 Å². The number of nitrogens with one attached hydrogen (secondary N) is 1. The monoisotopic (exact) mass is 292 g/mol. The molecule has 4 nitrogen and oxygen atoms in total. The number of hydrogen-bond acceptors (Lipinski definition) is 2. The van der Waals surface area contributed by atoms with E-state index in [9.17, 15) is 0 Å². The topological polar surface area (TPSA) is 38.5 Å². The molecule has 3 rings (SSSR count). The third-order valence-electron chi connectivity index (χ3n) is 3.20. The Labute approximate surface area is 120 Å². The fourth-order valence-corrected chi connectivity index (χ4v) is 2.76. The molecule has 98 valence electrons. The van der Waals surface area contributed by atoms with Gasteiger partial charge in [0.05, 0.1) is 28.3 Å². The number of para-hydroxylation sites is 1. The highest BCUT2D eigenvalue weighted by Gasteiger charge is 2.10. The zero-order valence-corrected chi connectivity index (χ0v) is 12.2. The van der Waals surface area contributed by atoms with E-state index in [2.05, 4.69) is 10.1 Å². The number of aromatic amines is 1. The Bertz CT molecular complexity index is 812. The maximum Gasteiger partial charge on any atom is 0.178 e. The van der Waals surface area contributed by atoms with E-state index < -0.39 is 0 Å². The van der Waals surface area contributed by atoms with Gasteiger partial charge in [0.2, 0.25) is 0 Å². The van der Waals surface area contributed by atoms with E-state index in [0.717, 1.165) is 22.3 Å². The van der Waals surface area contributed by atoms with Crippen LogP contribution in [0.4, 0.5) is 0 Å². The highest BCUT2D eigenvalue weighted by molar-refractivity contribution is 7.71. The van der Waals surface area contributed by atoms with Gasteiger partial charge in [-0.15, -0.1) is 0 Å². The molecule has 0 saturated carbocycles. The zero-order valence-electron chi connectivity index (χ0n) is 10.6. The van der Waals surface area contributed by atoms with Gasteiger partial charge in [-0.1, -0.05) is 17.7 Å². The highest BCUT2D eigenvalue weighted by atomic mass is 35.5. The maximum atomic E-state index is 6.17. The first-order chi connectivity index (χ1) is 9.06. The van der Waals surface area contributed by atoms with Crippen LogP contribution >= 0.6 is 23.8 Å². The summed E-state index contributed by atoms with van der Waals surface area (Å²) in [6.07, 6.45) is 2.01. The second-order valence-corrected chi connectivity index (χ2v) is 5.36. The molecule has 1 aromatic carbocycles. The van der Waals surface area contributed by atoms with Crippen molar-refractivity contribution in [1.82, 2.24) is 19.3 Å². The van der Waals surface area contributed by atoms with E-state index in [1.807, 2.05) is 47.6 Å². The lowest BCUT2D eigenvalue weighted by Crippen LogP contribution is -2.00. The number of rotatable bonds is 2. The van der Waals surface area contributed by atoms with Crippen molar-refractivity contribution in [3.8, 4) is 0 Å². The molecule has 0 aliphatic rings. The molecular formula is C13H13ClN4S. The Morgan fingerprint density at radius 2 is 2.21 bits per heavy atom. The third-order valence-corrected chi connectivity index (χ3v) is 3.84. The summed E-state index contributed by atoms with van der Waals surface area (Å²) in [4.78, 5) is 3.16. The van der Waals surface area contributed by atoms with Crippen LogP contribution in [0.25, 0.3) is 11.0 Å². The Morgan fingerprint density at radius 3 is 2.89 bits per heavy atom. The molecule has 0 bridgehead atoms. The molecule has 0 amide bonds. The number of nitrogens with zero attached hydrogens (tertiary/aromatic N) is 3. The molecular weight excluding hydrogens is 280 g/mol. The quantitative estimate of drug-likeness (QED) is 0.735. The van der Waals surface area contributed by atoms with Crippen molar-refractivity contribution in [2.24, 2.45) is 7.05 Å². The van der Waals surface area contributed by atoms with E-state index in [-0.39, 0.29) is 0 Å². The maximum absolute atomic E-state index is 6.17. The Hall–Kier alpha value is -1.59. The summed E-state index contributed by atoms with van der Waals surface area (Å²) >= 11 is 11.6. The molecule has 0 saturated heterocycles. The van der Waals surface area contributed by atoms with Crippen molar-refractivity contribution in [2.45, 2.75) is 13.5 Å². The van der Waals surface area contributed by atoms with E-state index in [4.69, 9.17) is 23.8 Å². The predicted molar refractivity (Wildman–Crippen MR) is 79.2 cm³/mol. The second kappa shape index (κ2) is 4.51. The van der Waals surface area contributed by atoms with E-state index in [1.54, 1.807) is 0 Å². The van der Waals surface area contributed by atoms with Crippen LogP contribution in [0.5, 0.6) is 0 Å². The Balaban J connectivity index is 2.16. The van der Waals surface area contributed by atoms with Gasteiger partial charge in [-0.3, -0.25) is 4.68 Å². The molecule has 19 heavy (non-hydrogen) atoms. The van der Waals surface area contributed by atoms with Crippen LogP contribution in [0, 0.1) is 11.7 Å². The smallest absolute Gasteiger partial charge is 0.178 e. The summed E-state index contributed by atoms with van der Waals surface area (Å²) in [7, 11) is 1.92. The van der Waals surface area contributed by atoms with Crippen molar-refractivity contribution >= 4 is 34.9 Å². The zero-order chi connectivity index (χ0) is 13.6. The molecule has 0 unspecified atom stereocenters. The van der Waals surface area contributed by atoms with Crippen LogP contribution in [0.15, 0.2) is 24.4 Å². The first-order valence-corrected chi connectivity index (χ1v) is 6.71. The fourth-order valence-electron chi connectivity index (χ4n) is 2.28. The molecule has 0 spiro atoms. The van der Waals surface area contributed by atoms with Crippen LogP contribution in [-0.4, -0.2) is 19.3 Å². The number of hydrogen-bond donors (Lipinski definition) is 1. The van der Waals surface area contributed by atoms with Gasteiger partial charge in [0, 0.05) is 18.8 Å². The number of benzene rings is 1. The van der Waals surface area contributed by atoms with Crippen molar-refractivity contribution in [3.63, 3.8) is 0 Å². The number of fused-ring (bicyclic) bond motifs is 1. The first-order valence-electron chi connectivity index (χ1n) is 5.92. The molecule has 2 heterocycles. The fraction of sp³-hybridized carbons (Fsp3) is 0.231.